The highest BCUT2D eigenvalue weighted by atomic mass is 32.2. The second-order valence-corrected chi connectivity index (χ2v) is 8.63. The first kappa shape index (κ1) is 20.6. The van der Waals surface area contributed by atoms with Crippen LogP contribution < -0.4 is 10.1 Å². The molecule has 0 unspecified atom stereocenters. The van der Waals surface area contributed by atoms with Crippen molar-refractivity contribution >= 4 is 27.2 Å². The Balaban J connectivity index is 1.82. The molecule has 156 valence electrons. The van der Waals surface area contributed by atoms with Gasteiger partial charge in [0, 0.05) is 11.1 Å². The predicted octanol–water partition coefficient (Wildman–Crippen LogP) is 4.37. The number of aryl methyl sites for hydroxylation is 1. The number of nitrogens with one attached hydrogen (secondary N) is 1. The summed E-state index contributed by atoms with van der Waals surface area (Å²) in [5.74, 6) is 0.300. The summed E-state index contributed by atoms with van der Waals surface area (Å²) in [7, 11) is -2.43. The summed E-state index contributed by atoms with van der Waals surface area (Å²) >= 11 is 0. The number of benzene rings is 3. The van der Waals surface area contributed by atoms with Gasteiger partial charge >= 0.3 is 0 Å². The van der Waals surface area contributed by atoms with Gasteiger partial charge in [0.25, 0.3) is 10.0 Å². The van der Waals surface area contributed by atoms with E-state index >= 15 is 0 Å². The van der Waals surface area contributed by atoms with E-state index in [4.69, 9.17) is 4.74 Å². The van der Waals surface area contributed by atoms with Crippen LogP contribution in [0.2, 0.25) is 0 Å². The minimum absolute atomic E-state index is 0.0904. The Bertz CT molecular complexity index is 1320. The summed E-state index contributed by atoms with van der Waals surface area (Å²) in [6.45, 7) is 1.88. The topological polar surface area (TPSA) is 84.8 Å². The van der Waals surface area contributed by atoms with Crippen LogP contribution in [0.4, 0.5) is 5.69 Å². The molecule has 0 radical (unpaired) electrons. The summed E-state index contributed by atoms with van der Waals surface area (Å²) in [4.78, 5) is 13.2. The standard InChI is InChI=1S/C24H20N2O4S/c1-16-11-13-17(14-12-16)31(28,29)26-21-15-22(24(27)19-8-4-3-7-18(19)21)25-20-9-5-6-10-23(20)30-2/h3-15,25H,1-2H3/b26-21+. The van der Waals surface area contributed by atoms with Crippen LogP contribution in [-0.2, 0) is 10.0 Å². The number of hydrogen-bond acceptors (Lipinski definition) is 5. The Morgan fingerprint density at radius 2 is 1.52 bits per heavy atom. The van der Waals surface area contributed by atoms with Gasteiger partial charge in [0.15, 0.2) is 0 Å². The van der Waals surface area contributed by atoms with E-state index in [2.05, 4.69) is 9.71 Å². The number of methoxy groups -OCH3 is 1. The second kappa shape index (κ2) is 8.20. The molecule has 0 amide bonds. The number of carbonyl (C=O) groups is 1. The highest BCUT2D eigenvalue weighted by Gasteiger charge is 2.26. The number of carbonyl (C=O) groups excluding carboxylic acids is 1. The molecule has 6 nitrogen and oxygen atoms in total. The highest BCUT2D eigenvalue weighted by molar-refractivity contribution is 7.90. The van der Waals surface area contributed by atoms with Crippen molar-refractivity contribution in [3.05, 3.63) is 101 Å². The molecule has 0 saturated carbocycles. The van der Waals surface area contributed by atoms with E-state index in [1.165, 1.54) is 25.3 Å². The van der Waals surface area contributed by atoms with Gasteiger partial charge in [0.2, 0.25) is 5.78 Å². The summed E-state index contributed by atoms with van der Waals surface area (Å²) in [5.41, 5.74) is 2.77. The Morgan fingerprint density at radius 1 is 0.871 bits per heavy atom. The molecule has 0 atom stereocenters. The molecular weight excluding hydrogens is 412 g/mol. The Morgan fingerprint density at radius 3 is 2.23 bits per heavy atom. The van der Waals surface area contributed by atoms with Crippen LogP contribution in [0.3, 0.4) is 0 Å². The van der Waals surface area contributed by atoms with Gasteiger partial charge in [0.05, 0.1) is 29.1 Å². The lowest BCUT2D eigenvalue weighted by Gasteiger charge is -2.19. The number of hydrogen-bond donors (Lipinski definition) is 1. The van der Waals surface area contributed by atoms with Crippen molar-refractivity contribution in [1.82, 2.24) is 0 Å². The van der Waals surface area contributed by atoms with Crippen LogP contribution in [0.1, 0.15) is 21.5 Å². The zero-order chi connectivity index (χ0) is 22.0. The highest BCUT2D eigenvalue weighted by Crippen LogP contribution is 2.29. The number of allylic oxidation sites excluding steroid dienone is 2. The Kier molecular flexibility index (Phi) is 5.44. The average Bonchev–Trinajstić information content (AvgIpc) is 2.77. The zero-order valence-corrected chi connectivity index (χ0v) is 17.8. The summed E-state index contributed by atoms with van der Waals surface area (Å²) in [6.07, 6.45) is 1.46. The largest absolute Gasteiger partial charge is 0.495 e. The molecule has 1 aliphatic rings. The molecule has 1 N–H and O–H groups in total. The fourth-order valence-electron chi connectivity index (χ4n) is 3.28. The maximum atomic E-state index is 13.1. The van der Waals surface area contributed by atoms with Gasteiger partial charge in [-0.3, -0.25) is 4.79 Å². The van der Waals surface area contributed by atoms with Gasteiger partial charge < -0.3 is 10.1 Å². The van der Waals surface area contributed by atoms with Crippen LogP contribution in [0.25, 0.3) is 0 Å². The van der Waals surface area contributed by atoms with Gasteiger partial charge in [-0.2, -0.15) is 12.8 Å². The van der Waals surface area contributed by atoms with Crippen molar-refractivity contribution in [3.8, 4) is 5.75 Å². The third kappa shape index (κ3) is 4.13. The van der Waals surface area contributed by atoms with Crippen LogP contribution in [0.5, 0.6) is 5.75 Å². The lowest BCUT2D eigenvalue weighted by atomic mass is 9.92. The lowest BCUT2D eigenvalue weighted by molar-refractivity contribution is 0.103. The van der Waals surface area contributed by atoms with Gasteiger partial charge in [-0.15, -0.1) is 0 Å². The maximum Gasteiger partial charge on any atom is 0.282 e. The van der Waals surface area contributed by atoms with Crippen LogP contribution >= 0.6 is 0 Å². The third-order valence-electron chi connectivity index (χ3n) is 4.89. The quantitative estimate of drug-likeness (QED) is 0.647. The molecule has 31 heavy (non-hydrogen) atoms. The number of para-hydroxylation sites is 2. The van der Waals surface area contributed by atoms with Crippen molar-refractivity contribution in [3.63, 3.8) is 0 Å². The molecule has 4 rings (SSSR count). The van der Waals surface area contributed by atoms with Crippen molar-refractivity contribution < 1.29 is 17.9 Å². The van der Waals surface area contributed by atoms with Gasteiger partial charge in [-0.25, -0.2) is 0 Å². The number of ether oxygens (including phenoxy) is 1. The average molecular weight is 433 g/mol. The van der Waals surface area contributed by atoms with E-state index in [0.717, 1.165) is 5.56 Å². The number of anilines is 1. The molecule has 7 heteroatoms. The fraction of sp³-hybridized carbons (Fsp3) is 0.0833. The molecule has 0 spiro atoms. The number of Topliss-reactive ketones (excluding diaryl/α,β-unsaturated/α-hetero) is 1. The molecular formula is C24H20N2O4S. The number of nitrogens with zero attached hydrogens (tertiary/aromatic N) is 1. The minimum atomic E-state index is -3.97. The van der Waals surface area contributed by atoms with E-state index in [-0.39, 0.29) is 22.1 Å². The van der Waals surface area contributed by atoms with Crippen LogP contribution in [0.15, 0.2) is 93.9 Å². The molecule has 0 heterocycles. The number of fused-ring (bicyclic) bond motifs is 1. The first-order valence-corrected chi connectivity index (χ1v) is 11.0. The van der Waals surface area contributed by atoms with E-state index in [0.29, 0.717) is 22.6 Å². The molecule has 0 bridgehead atoms. The monoisotopic (exact) mass is 432 g/mol. The second-order valence-electron chi connectivity index (χ2n) is 7.02. The summed E-state index contributed by atoms with van der Waals surface area (Å²) in [6, 6.07) is 20.5. The van der Waals surface area contributed by atoms with Gasteiger partial charge in [0.1, 0.15) is 5.75 Å². The van der Waals surface area contributed by atoms with Crippen molar-refractivity contribution in [2.24, 2.45) is 4.40 Å². The first-order valence-electron chi connectivity index (χ1n) is 9.56. The number of sulfonamides is 1. The molecule has 1 aliphatic carbocycles. The Hall–Kier alpha value is -3.71. The molecule has 0 fully saturated rings. The third-order valence-corrected chi connectivity index (χ3v) is 6.19. The Labute approximate surface area is 181 Å². The number of rotatable bonds is 5. The first-order chi connectivity index (χ1) is 14.9. The molecule has 0 saturated heterocycles. The lowest BCUT2D eigenvalue weighted by Crippen LogP contribution is -2.22. The molecule has 0 aromatic heterocycles. The van der Waals surface area contributed by atoms with E-state index < -0.39 is 10.0 Å². The molecule has 3 aromatic carbocycles. The zero-order valence-electron chi connectivity index (χ0n) is 17.0. The van der Waals surface area contributed by atoms with Crippen LogP contribution in [0, 0.1) is 6.92 Å². The van der Waals surface area contributed by atoms with E-state index in [1.807, 2.05) is 19.1 Å². The summed E-state index contributed by atoms with van der Waals surface area (Å²) < 4.78 is 35.3. The minimum Gasteiger partial charge on any atom is -0.495 e. The molecule has 3 aromatic rings. The van der Waals surface area contributed by atoms with E-state index in [9.17, 15) is 13.2 Å². The van der Waals surface area contributed by atoms with Gasteiger partial charge in [-0.05, 0) is 37.3 Å². The fourth-order valence-corrected chi connectivity index (χ4v) is 4.28. The number of ketones is 1. The van der Waals surface area contributed by atoms with Crippen LogP contribution in [-0.4, -0.2) is 27.0 Å². The smallest absolute Gasteiger partial charge is 0.282 e. The summed E-state index contributed by atoms with van der Waals surface area (Å²) in [5, 5.41) is 3.06. The van der Waals surface area contributed by atoms with Gasteiger partial charge in [-0.1, -0.05) is 54.1 Å². The van der Waals surface area contributed by atoms with E-state index in [1.54, 1.807) is 48.5 Å². The maximum absolute atomic E-state index is 13.1. The normalized spacial score (nSPS) is 14.7. The SMILES string of the molecule is COc1ccccc1NC1=C/C(=N\S(=O)(=O)c2ccc(C)cc2)c2ccccc2C1=O. The van der Waals surface area contributed by atoms with Crippen molar-refractivity contribution in [2.75, 3.05) is 12.4 Å². The van der Waals surface area contributed by atoms with Crippen molar-refractivity contribution in [1.29, 1.82) is 0 Å². The molecule has 0 aliphatic heterocycles. The van der Waals surface area contributed by atoms with Crippen molar-refractivity contribution in [2.45, 2.75) is 11.8 Å². The predicted molar refractivity (Wildman–Crippen MR) is 120 cm³/mol.